The van der Waals surface area contributed by atoms with Gasteiger partial charge in [0.2, 0.25) is 5.91 Å². The number of carbonyl (C=O) groups excluding carboxylic acids is 1. The Bertz CT molecular complexity index is 827. The molecule has 0 unspecified atom stereocenters. The van der Waals surface area contributed by atoms with Crippen LogP contribution in [0.4, 0.5) is 5.13 Å². The number of thiazole rings is 1. The third-order valence-corrected chi connectivity index (χ3v) is 5.32. The van der Waals surface area contributed by atoms with Gasteiger partial charge in [0, 0.05) is 18.5 Å². The SMILES string of the molecule is C/C(=N/NC(=O)Cc1csc(N2CCOCC2)n1)c1ccc(OCC(C)C)cc1. The zero-order chi connectivity index (χ0) is 20.6. The van der Waals surface area contributed by atoms with E-state index < -0.39 is 0 Å². The first-order chi connectivity index (χ1) is 14.0. The average molecular weight is 417 g/mol. The summed E-state index contributed by atoms with van der Waals surface area (Å²) in [5.74, 6) is 1.13. The molecule has 0 saturated carbocycles. The van der Waals surface area contributed by atoms with Crippen LogP contribution in [0.15, 0.2) is 34.7 Å². The Morgan fingerprint density at radius 3 is 2.72 bits per heavy atom. The number of anilines is 1. The summed E-state index contributed by atoms with van der Waals surface area (Å²) in [6.45, 7) is 9.89. The lowest BCUT2D eigenvalue weighted by molar-refractivity contribution is -0.120. The summed E-state index contributed by atoms with van der Waals surface area (Å²) in [6, 6.07) is 7.72. The van der Waals surface area contributed by atoms with Gasteiger partial charge in [0.15, 0.2) is 5.13 Å². The molecule has 1 fully saturated rings. The number of nitrogens with one attached hydrogen (secondary N) is 1. The third kappa shape index (κ3) is 6.54. The van der Waals surface area contributed by atoms with Crippen molar-refractivity contribution < 1.29 is 14.3 Å². The second-order valence-corrected chi connectivity index (χ2v) is 8.20. The molecule has 8 heteroatoms. The quantitative estimate of drug-likeness (QED) is 0.529. The Morgan fingerprint density at radius 2 is 2.03 bits per heavy atom. The van der Waals surface area contributed by atoms with E-state index in [1.807, 2.05) is 36.6 Å². The standard InChI is InChI=1S/C21H28N4O3S/c1-15(2)13-28-19-6-4-17(5-7-19)16(3)23-24-20(26)12-18-14-29-21(22-18)25-8-10-27-11-9-25/h4-7,14-15H,8-13H2,1-3H3,(H,24,26)/b23-16-. The zero-order valence-corrected chi connectivity index (χ0v) is 18.0. The second-order valence-electron chi connectivity index (χ2n) is 7.36. The Labute approximate surface area is 175 Å². The largest absolute Gasteiger partial charge is 0.493 e. The van der Waals surface area contributed by atoms with Crippen LogP contribution in [-0.4, -0.2) is 49.5 Å². The Hall–Kier alpha value is -2.45. The number of rotatable bonds is 8. The molecular formula is C21H28N4O3S. The van der Waals surface area contributed by atoms with Crippen LogP contribution in [0.3, 0.4) is 0 Å². The summed E-state index contributed by atoms with van der Waals surface area (Å²) < 4.78 is 11.0. The molecule has 156 valence electrons. The van der Waals surface area contributed by atoms with Crippen LogP contribution in [0, 0.1) is 5.92 Å². The van der Waals surface area contributed by atoms with Crippen molar-refractivity contribution >= 4 is 28.1 Å². The molecule has 1 aliphatic rings. The van der Waals surface area contributed by atoms with Crippen LogP contribution in [0.2, 0.25) is 0 Å². The Kier molecular flexibility index (Phi) is 7.60. The van der Waals surface area contributed by atoms with E-state index in [9.17, 15) is 4.79 Å². The zero-order valence-electron chi connectivity index (χ0n) is 17.2. The number of benzene rings is 1. The molecule has 7 nitrogen and oxygen atoms in total. The highest BCUT2D eigenvalue weighted by molar-refractivity contribution is 7.13. The lowest BCUT2D eigenvalue weighted by Gasteiger charge is -2.26. The van der Waals surface area contributed by atoms with E-state index in [1.54, 1.807) is 11.3 Å². The maximum absolute atomic E-state index is 12.2. The molecule has 0 atom stereocenters. The fourth-order valence-corrected chi connectivity index (χ4v) is 3.63. The monoisotopic (exact) mass is 416 g/mol. The normalized spacial score (nSPS) is 14.9. The smallest absolute Gasteiger partial charge is 0.246 e. The Balaban J connectivity index is 1.50. The molecule has 1 aromatic carbocycles. The number of morpholine rings is 1. The van der Waals surface area contributed by atoms with Gasteiger partial charge in [0.25, 0.3) is 0 Å². The number of hydrogen-bond donors (Lipinski definition) is 1. The van der Waals surface area contributed by atoms with Crippen LogP contribution in [0.1, 0.15) is 32.0 Å². The van der Waals surface area contributed by atoms with E-state index in [-0.39, 0.29) is 12.3 Å². The molecule has 2 heterocycles. The molecule has 0 aliphatic carbocycles. The van der Waals surface area contributed by atoms with Crippen molar-refractivity contribution in [3.63, 3.8) is 0 Å². The summed E-state index contributed by atoms with van der Waals surface area (Å²) in [5.41, 5.74) is 5.05. The van der Waals surface area contributed by atoms with Gasteiger partial charge in [0.1, 0.15) is 5.75 Å². The molecule has 0 spiro atoms. The minimum Gasteiger partial charge on any atom is -0.493 e. The van der Waals surface area contributed by atoms with Crippen molar-refractivity contribution in [3.05, 3.63) is 40.9 Å². The molecule has 1 N–H and O–H groups in total. The van der Waals surface area contributed by atoms with Crippen LogP contribution >= 0.6 is 11.3 Å². The van der Waals surface area contributed by atoms with Crippen LogP contribution in [-0.2, 0) is 16.0 Å². The third-order valence-electron chi connectivity index (χ3n) is 4.37. The van der Waals surface area contributed by atoms with Gasteiger partial charge >= 0.3 is 0 Å². The summed E-state index contributed by atoms with van der Waals surface area (Å²) in [5, 5.41) is 7.08. The summed E-state index contributed by atoms with van der Waals surface area (Å²) in [6.07, 6.45) is 0.208. The molecule has 1 amide bonds. The van der Waals surface area contributed by atoms with Gasteiger partial charge in [-0.2, -0.15) is 5.10 Å². The minimum absolute atomic E-state index is 0.180. The van der Waals surface area contributed by atoms with Crippen molar-refractivity contribution in [3.8, 4) is 5.75 Å². The number of hydrogen-bond acceptors (Lipinski definition) is 7. The van der Waals surface area contributed by atoms with E-state index in [1.165, 1.54) is 0 Å². The highest BCUT2D eigenvalue weighted by atomic mass is 32.1. The molecular weight excluding hydrogens is 388 g/mol. The maximum atomic E-state index is 12.2. The van der Waals surface area contributed by atoms with E-state index in [4.69, 9.17) is 9.47 Å². The van der Waals surface area contributed by atoms with E-state index in [0.717, 1.165) is 40.9 Å². The van der Waals surface area contributed by atoms with Gasteiger partial charge in [-0.15, -0.1) is 11.3 Å². The number of amides is 1. The number of carbonyl (C=O) groups is 1. The van der Waals surface area contributed by atoms with Crippen molar-refractivity contribution in [1.29, 1.82) is 0 Å². The molecule has 1 aromatic heterocycles. The summed E-state index contributed by atoms with van der Waals surface area (Å²) in [4.78, 5) is 19.0. The van der Waals surface area contributed by atoms with Crippen molar-refractivity contribution in [2.24, 2.45) is 11.0 Å². The van der Waals surface area contributed by atoms with Crippen LogP contribution in [0.25, 0.3) is 0 Å². The molecule has 29 heavy (non-hydrogen) atoms. The minimum atomic E-state index is -0.180. The highest BCUT2D eigenvalue weighted by Gasteiger charge is 2.15. The lowest BCUT2D eigenvalue weighted by atomic mass is 10.1. The van der Waals surface area contributed by atoms with Crippen LogP contribution < -0.4 is 15.1 Å². The fourth-order valence-electron chi connectivity index (χ4n) is 2.75. The molecule has 1 saturated heterocycles. The van der Waals surface area contributed by atoms with Crippen molar-refractivity contribution in [2.45, 2.75) is 27.2 Å². The first-order valence-corrected chi connectivity index (χ1v) is 10.7. The molecule has 0 bridgehead atoms. The van der Waals surface area contributed by atoms with Gasteiger partial charge in [-0.25, -0.2) is 10.4 Å². The first kappa shape index (κ1) is 21.3. The van der Waals surface area contributed by atoms with Gasteiger partial charge in [-0.3, -0.25) is 4.79 Å². The van der Waals surface area contributed by atoms with Crippen LogP contribution in [0.5, 0.6) is 5.75 Å². The highest BCUT2D eigenvalue weighted by Crippen LogP contribution is 2.21. The van der Waals surface area contributed by atoms with Gasteiger partial charge in [-0.05, 0) is 42.7 Å². The Morgan fingerprint density at radius 1 is 1.31 bits per heavy atom. The number of aromatic nitrogens is 1. The van der Waals surface area contributed by atoms with Crippen molar-refractivity contribution in [1.82, 2.24) is 10.4 Å². The fraction of sp³-hybridized carbons (Fsp3) is 0.476. The molecule has 1 aliphatic heterocycles. The topological polar surface area (TPSA) is 76.1 Å². The van der Waals surface area contributed by atoms with Gasteiger partial charge < -0.3 is 14.4 Å². The van der Waals surface area contributed by atoms with E-state index in [0.29, 0.717) is 25.7 Å². The van der Waals surface area contributed by atoms with E-state index >= 15 is 0 Å². The maximum Gasteiger partial charge on any atom is 0.246 e. The average Bonchev–Trinajstić information content (AvgIpc) is 3.20. The number of nitrogens with zero attached hydrogens (tertiary/aromatic N) is 3. The number of hydrazone groups is 1. The van der Waals surface area contributed by atoms with Crippen molar-refractivity contribution in [2.75, 3.05) is 37.8 Å². The van der Waals surface area contributed by atoms with Gasteiger partial charge in [-0.1, -0.05) is 13.8 Å². The van der Waals surface area contributed by atoms with Gasteiger partial charge in [0.05, 0.1) is 37.6 Å². The summed E-state index contributed by atoms with van der Waals surface area (Å²) in [7, 11) is 0. The second kappa shape index (κ2) is 10.4. The van der Waals surface area contributed by atoms with E-state index in [2.05, 4.69) is 34.3 Å². The predicted molar refractivity (Wildman–Crippen MR) is 116 cm³/mol. The first-order valence-electron chi connectivity index (χ1n) is 9.84. The predicted octanol–water partition coefficient (Wildman–Crippen LogP) is 3.10. The summed E-state index contributed by atoms with van der Waals surface area (Å²) >= 11 is 1.56. The molecule has 0 radical (unpaired) electrons. The molecule has 3 rings (SSSR count). The molecule has 2 aromatic rings. The number of ether oxygens (including phenoxy) is 2. The lowest BCUT2D eigenvalue weighted by Crippen LogP contribution is -2.36.